The van der Waals surface area contributed by atoms with Gasteiger partial charge in [-0.1, -0.05) is 0 Å². The van der Waals surface area contributed by atoms with Crippen molar-refractivity contribution in [3.8, 4) is 0 Å². The van der Waals surface area contributed by atoms with Crippen molar-refractivity contribution in [3.63, 3.8) is 0 Å². The second-order valence-corrected chi connectivity index (χ2v) is 3.22. The van der Waals surface area contributed by atoms with E-state index in [0.29, 0.717) is 6.61 Å². The van der Waals surface area contributed by atoms with Gasteiger partial charge >= 0.3 is 0 Å². The van der Waals surface area contributed by atoms with E-state index in [1.165, 1.54) is 0 Å². The molecule has 2 aliphatic rings. The van der Waals surface area contributed by atoms with Crippen molar-refractivity contribution in [1.29, 1.82) is 0 Å². The van der Waals surface area contributed by atoms with Crippen molar-refractivity contribution in [1.82, 2.24) is 0 Å². The quantitative estimate of drug-likeness (QED) is 0.436. The number of hydrogen-bond donors (Lipinski definition) is 2. The molecule has 1 aliphatic carbocycles. The van der Waals surface area contributed by atoms with Crippen LogP contribution in [0.4, 0.5) is 0 Å². The van der Waals surface area contributed by atoms with Crippen LogP contribution in [-0.4, -0.2) is 40.4 Å². The number of ether oxygens (including phenoxy) is 1. The largest absolute Gasteiger partial charge is 0.389 e. The van der Waals surface area contributed by atoms with Crippen LogP contribution in [0.5, 0.6) is 0 Å². The molecule has 2 fully saturated rings. The first kappa shape index (κ1) is 7.21. The van der Waals surface area contributed by atoms with Gasteiger partial charge in [0, 0.05) is 12.8 Å². The van der Waals surface area contributed by atoms with Crippen LogP contribution >= 0.6 is 0 Å². The van der Waals surface area contributed by atoms with Gasteiger partial charge in [0.05, 0.1) is 18.8 Å². The number of hydrogen-bond acceptors (Lipinski definition) is 4. The summed E-state index contributed by atoms with van der Waals surface area (Å²) in [7, 11) is 0. The minimum atomic E-state index is -0.807. The minimum absolute atomic E-state index is 0.0916. The SMILES string of the molecule is O=C1C[C@@H](O)C2(CO2)[C@H](O)C1. The van der Waals surface area contributed by atoms with Crippen molar-refractivity contribution < 1.29 is 19.7 Å². The van der Waals surface area contributed by atoms with Gasteiger partial charge in [0.25, 0.3) is 0 Å². The van der Waals surface area contributed by atoms with Crippen LogP contribution in [0.2, 0.25) is 0 Å². The van der Waals surface area contributed by atoms with E-state index >= 15 is 0 Å². The zero-order valence-corrected chi connectivity index (χ0v) is 5.99. The molecule has 1 aliphatic heterocycles. The van der Waals surface area contributed by atoms with E-state index in [2.05, 4.69) is 0 Å². The molecule has 0 unspecified atom stereocenters. The molecule has 1 heterocycles. The number of rotatable bonds is 0. The van der Waals surface area contributed by atoms with E-state index in [-0.39, 0.29) is 18.6 Å². The molecule has 11 heavy (non-hydrogen) atoms. The zero-order chi connectivity index (χ0) is 8.06. The van der Waals surface area contributed by atoms with Gasteiger partial charge in [-0.05, 0) is 0 Å². The molecule has 0 aromatic rings. The van der Waals surface area contributed by atoms with Gasteiger partial charge in [-0.2, -0.15) is 0 Å². The summed E-state index contributed by atoms with van der Waals surface area (Å²) in [5, 5.41) is 18.7. The number of epoxide rings is 1. The minimum Gasteiger partial charge on any atom is -0.389 e. The third-order valence-corrected chi connectivity index (χ3v) is 2.45. The highest BCUT2D eigenvalue weighted by atomic mass is 16.6. The van der Waals surface area contributed by atoms with Crippen molar-refractivity contribution >= 4 is 5.78 Å². The highest BCUT2D eigenvalue weighted by Gasteiger charge is 2.59. The van der Waals surface area contributed by atoms with Crippen LogP contribution in [0.25, 0.3) is 0 Å². The number of ketones is 1. The summed E-state index contributed by atoms with van der Waals surface area (Å²) in [4.78, 5) is 10.8. The van der Waals surface area contributed by atoms with Crippen LogP contribution < -0.4 is 0 Å². The van der Waals surface area contributed by atoms with Gasteiger partial charge in [-0.3, -0.25) is 4.79 Å². The molecule has 1 saturated heterocycles. The molecule has 0 aromatic heterocycles. The van der Waals surface area contributed by atoms with Gasteiger partial charge < -0.3 is 14.9 Å². The molecule has 1 spiro atoms. The number of aliphatic hydroxyl groups is 2. The molecule has 0 amide bonds. The Morgan fingerprint density at radius 2 is 1.82 bits per heavy atom. The van der Waals surface area contributed by atoms with E-state index in [4.69, 9.17) is 4.74 Å². The Bertz CT molecular complexity index is 181. The summed E-state index contributed by atoms with van der Waals surface area (Å²) in [5.74, 6) is -0.0916. The predicted octanol–water partition coefficient (Wildman–Crippen LogP) is -1.16. The summed E-state index contributed by atoms with van der Waals surface area (Å²) >= 11 is 0. The van der Waals surface area contributed by atoms with Crippen LogP contribution in [0.15, 0.2) is 0 Å². The summed E-state index contributed by atoms with van der Waals surface area (Å²) in [6.07, 6.45) is -1.37. The number of carbonyl (C=O) groups is 1. The van der Waals surface area contributed by atoms with Crippen LogP contribution in [0.1, 0.15) is 12.8 Å². The smallest absolute Gasteiger partial charge is 0.144 e. The van der Waals surface area contributed by atoms with Crippen molar-refractivity contribution in [3.05, 3.63) is 0 Å². The Hall–Kier alpha value is -0.450. The second kappa shape index (κ2) is 2.03. The monoisotopic (exact) mass is 158 g/mol. The molecule has 0 radical (unpaired) electrons. The second-order valence-electron chi connectivity index (χ2n) is 3.22. The lowest BCUT2D eigenvalue weighted by molar-refractivity contribution is -0.133. The molecule has 0 aromatic carbocycles. The molecular weight excluding hydrogens is 148 g/mol. The maximum absolute atomic E-state index is 10.8. The van der Waals surface area contributed by atoms with E-state index in [1.54, 1.807) is 0 Å². The summed E-state index contributed by atoms with van der Waals surface area (Å²) in [6.45, 7) is 0.378. The maximum atomic E-state index is 10.8. The Morgan fingerprint density at radius 3 is 2.18 bits per heavy atom. The van der Waals surface area contributed by atoms with Crippen LogP contribution in [0.3, 0.4) is 0 Å². The van der Waals surface area contributed by atoms with E-state index in [1.807, 2.05) is 0 Å². The summed E-state index contributed by atoms with van der Waals surface area (Å²) in [6, 6.07) is 0. The highest BCUT2D eigenvalue weighted by Crippen LogP contribution is 2.40. The van der Waals surface area contributed by atoms with Crippen molar-refractivity contribution in [2.45, 2.75) is 30.7 Å². The first-order valence-electron chi connectivity index (χ1n) is 3.67. The summed E-state index contributed by atoms with van der Waals surface area (Å²) < 4.78 is 4.96. The van der Waals surface area contributed by atoms with Crippen LogP contribution in [0, 0.1) is 0 Å². The molecule has 4 nitrogen and oxygen atoms in total. The molecule has 62 valence electrons. The van der Waals surface area contributed by atoms with E-state index < -0.39 is 17.8 Å². The molecule has 2 N–H and O–H groups in total. The van der Waals surface area contributed by atoms with Gasteiger partial charge in [0.1, 0.15) is 11.4 Å². The first-order chi connectivity index (χ1) is 5.15. The first-order valence-corrected chi connectivity index (χ1v) is 3.67. The Kier molecular flexibility index (Phi) is 1.33. The Balaban J connectivity index is 2.16. The molecule has 4 heteroatoms. The van der Waals surface area contributed by atoms with Gasteiger partial charge in [0.15, 0.2) is 0 Å². The van der Waals surface area contributed by atoms with E-state index in [9.17, 15) is 15.0 Å². The van der Waals surface area contributed by atoms with Gasteiger partial charge in [0.2, 0.25) is 0 Å². The third-order valence-electron chi connectivity index (χ3n) is 2.45. The lowest BCUT2D eigenvalue weighted by atomic mass is 9.83. The molecule has 0 bridgehead atoms. The molecule has 1 saturated carbocycles. The molecule has 2 atom stereocenters. The number of aliphatic hydroxyl groups excluding tert-OH is 2. The third kappa shape index (κ3) is 0.903. The number of Topliss-reactive ketones (excluding diaryl/α,β-unsaturated/α-hetero) is 1. The zero-order valence-electron chi connectivity index (χ0n) is 5.99. The summed E-state index contributed by atoms with van der Waals surface area (Å²) in [5.41, 5.74) is -0.784. The lowest BCUT2D eigenvalue weighted by Gasteiger charge is -2.28. The molecular formula is C7H10O4. The maximum Gasteiger partial charge on any atom is 0.144 e. The predicted molar refractivity (Wildman–Crippen MR) is 34.9 cm³/mol. The average molecular weight is 158 g/mol. The van der Waals surface area contributed by atoms with E-state index in [0.717, 1.165) is 0 Å². The van der Waals surface area contributed by atoms with Crippen molar-refractivity contribution in [2.24, 2.45) is 0 Å². The van der Waals surface area contributed by atoms with Gasteiger partial charge in [-0.15, -0.1) is 0 Å². The van der Waals surface area contributed by atoms with Gasteiger partial charge in [-0.25, -0.2) is 0 Å². The highest BCUT2D eigenvalue weighted by molar-refractivity contribution is 5.81. The number of carbonyl (C=O) groups excluding carboxylic acids is 1. The Morgan fingerprint density at radius 1 is 1.36 bits per heavy atom. The fourth-order valence-corrected chi connectivity index (χ4v) is 1.55. The Labute approximate surface area is 63.8 Å². The standard InChI is InChI=1S/C7H10O4/c8-4-1-5(9)7(3-11-7)6(10)2-4/h5-6,9-10H,1-3H2/t5-,6-/m1/s1. The average Bonchev–Trinajstić information content (AvgIpc) is 2.62. The fraction of sp³-hybridized carbons (Fsp3) is 0.857. The molecule has 2 rings (SSSR count). The van der Waals surface area contributed by atoms with Crippen molar-refractivity contribution in [2.75, 3.05) is 6.61 Å². The lowest BCUT2D eigenvalue weighted by Crippen LogP contribution is -2.48. The van der Waals surface area contributed by atoms with Crippen LogP contribution in [-0.2, 0) is 9.53 Å². The fourth-order valence-electron chi connectivity index (χ4n) is 1.55. The normalized spacial score (nSPS) is 41.1. The topological polar surface area (TPSA) is 70.1 Å².